The summed E-state index contributed by atoms with van der Waals surface area (Å²) in [7, 11) is 0. The van der Waals surface area contributed by atoms with E-state index in [4.69, 9.17) is 0 Å². The number of aromatic nitrogens is 1. The summed E-state index contributed by atoms with van der Waals surface area (Å²) >= 11 is 1.43. The molecule has 116 valence electrons. The number of carboxylic acids is 1. The van der Waals surface area contributed by atoms with Gasteiger partial charge in [-0.1, -0.05) is 40.0 Å². The van der Waals surface area contributed by atoms with Crippen LogP contribution < -0.4 is 5.32 Å². The van der Waals surface area contributed by atoms with Crippen LogP contribution in [0.25, 0.3) is 0 Å². The number of thiazole rings is 1. The second-order valence-electron chi connectivity index (χ2n) is 6.69. The Morgan fingerprint density at radius 1 is 1.29 bits per heavy atom. The molecule has 0 aromatic carbocycles. The van der Waals surface area contributed by atoms with Gasteiger partial charge in [0, 0.05) is 10.8 Å². The van der Waals surface area contributed by atoms with E-state index >= 15 is 0 Å². The van der Waals surface area contributed by atoms with Gasteiger partial charge in [-0.3, -0.25) is 4.79 Å². The van der Waals surface area contributed by atoms with Crippen LogP contribution >= 0.6 is 11.3 Å². The minimum absolute atomic E-state index is 0.113. The Hall–Kier alpha value is -1.43. The standard InChI is InChI=1S/C15H22N2O3S/c1-14(2,3)12-16-10(9-21-12)11(18)17-15(13(19)20)7-5-4-6-8-15/h9H,4-8H2,1-3H3,(H,17,18)(H,19,20). The summed E-state index contributed by atoms with van der Waals surface area (Å²) in [6.07, 6.45) is 3.66. The summed E-state index contributed by atoms with van der Waals surface area (Å²) in [6.45, 7) is 6.11. The molecule has 6 heteroatoms. The summed E-state index contributed by atoms with van der Waals surface area (Å²) in [4.78, 5) is 28.3. The highest BCUT2D eigenvalue weighted by Crippen LogP contribution is 2.30. The van der Waals surface area contributed by atoms with Gasteiger partial charge in [-0.25, -0.2) is 9.78 Å². The zero-order valence-corrected chi connectivity index (χ0v) is 13.5. The SMILES string of the molecule is CC(C)(C)c1nc(C(=O)NC2(C(=O)O)CCCCC2)cs1. The number of nitrogens with one attached hydrogen (secondary N) is 1. The van der Waals surface area contributed by atoms with E-state index in [1.165, 1.54) is 11.3 Å². The average molecular weight is 310 g/mol. The van der Waals surface area contributed by atoms with Gasteiger partial charge in [-0.05, 0) is 12.8 Å². The molecule has 1 saturated carbocycles. The maximum atomic E-state index is 12.3. The van der Waals surface area contributed by atoms with Gasteiger partial charge in [0.05, 0.1) is 5.01 Å². The fourth-order valence-corrected chi connectivity index (χ4v) is 3.44. The molecular formula is C15H22N2O3S. The number of carbonyl (C=O) groups is 2. The highest BCUT2D eigenvalue weighted by molar-refractivity contribution is 7.10. The van der Waals surface area contributed by atoms with Crippen LogP contribution in [-0.4, -0.2) is 27.5 Å². The molecule has 2 rings (SSSR count). The van der Waals surface area contributed by atoms with Crippen molar-refractivity contribution in [2.24, 2.45) is 0 Å². The zero-order valence-electron chi connectivity index (χ0n) is 12.7. The first-order chi connectivity index (χ1) is 9.74. The van der Waals surface area contributed by atoms with Gasteiger partial charge in [0.15, 0.2) is 0 Å². The molecule has 0 atom stereocenters. The van der Waals surface area contributed by atoms with Crippen LogP contribution in [0.4, 0.5) is 0 Å². The molecule has 1 aromatic heterocycles. The van der Waals surface area contributed by atoms with Gasteiger partial charge in [0.1, 0.15) is 11.2 Å². The molecule has 1 aliphatic rings. The van der Waals surface area contributed by atoms with Crippen molar-refractivity contribution < 1.29 is 14.7 Å². The molecule has 1 aliphatic carbocycles. The number of carboxylic acid groups (broad SMARTS) is 1. The van der Waals surface area contributed by atoms with E-state index in [-0.39, 0.29) is 11.3 Å². The van der Waals surface area contributed by atoms with Crippen molar-refractivity contribution in [3.63, 3.8) is 0 Å². The summed E-state index contributed by atoms with van der Waals surface area (Å²) in [6, 6.07) is 0. The van der Waals surface area contributed by atoms with Crippen molar-refractivity contribution in [2.45, 2.75) is 63.8 Å². The minimum atomic E-state index is -1.12. The summed E-state index contributed by atoms with van der Waals surface area (Å²) in [5.74, 6) is -1.33. The largest absolute Gasteiger partial charge is 0.480 e. The molecule has 0 aliphatic heterocycles. The van der Waals surface area contributed by atoms with E-state index in [0.717, 1.165) is 24.3 Å². The molecule has 0 spiro atoms. The lowest BCUT2D eigenvalue weighted by Gasteiger charge is -2.33. The van der Waals surface area contributed by atoms with Crippen molar-refractivity contribution in [2.75, 3.05) is 0 Å². The molecule has 5 nitrogen and oxygen atoms in total. The van der Waals surface area contributed by atoms with Crippen LogP contribution in [0.2, 0.25) is 0 Å². The monoisotopic (exact) mass is 310 g/mol. The van der Waals surface area contributed by atoms with Gasteiger partial charge in [-0.15, -0.1) is 11.3 Å². The quantitative estimate of drug-likeness (QED) is 0.899. The molecule has 1 heterocycles. The highest BCUT2D eigenvalue weighted by Gasteiger charge is 2.41. The Kier molecular flexibility index (Phi) is 4.37. The second-order valence-corrected chi connectivity index (χ2v) is 7.55. The molecule has 21 heavy (non-hydrogen) atoms. The van der Waals surface area contributed by atoms with Gasteiger partial charge in [0.2, 0.25) is 0 Å². The van der Waals surface area contributed by atoms with Crippen LogP contribution in [0.15, 0.2) is 5.38 Å². The van der Waals surface area contributed by atoms with Gasteiger partial charge in [-0.2, -0.15) is 0 Å². The number of amides is 1. The molecule has 0 radical (unpaired) electrons. The van der Waals surface area contributed by atoms with Crippen LogP contribution in [-0.2, 0) is 10.2 Å². The number of carbonyl (C=O) groups excluding carboxylic acids is 1. The third-order valence-electron chi connectivity index (χ3n) is 3.85. The maximum Gasteiger partial charge on any atom is 0.329 e. The number of rotatable bonds is 3. The lowest BCUT2D eigenvalue weighted by molar-refractivity contribution is -0.145. The normalized spacial score (nSPS) is 18.2. The van der Waals surface area contributed by atoms with E-state index in [9.17, 15) is 14.7 Å². The molecule has 1 fully saturated rings. The average Bonchev–Trinajstić information content (AvgIpc) is 2.89. The van der Waals surface area contributed by atoms with Crippen LogP contribution in [0, 0.1) is 0 Å². The third kappa shape index (κ3) is 3.43. The fourth-order valence-electron chi connectivity index (χ4n) is 2.55. The Morgan fingerprint density at radius 3 is 2.38 bits per heavy atom. The third-order valence-corrected chi connectivity index (χ3v) is 5.12. The highest BCUT2D eigenvalue weighted by atomic mass is 32.1. The molecular weight excluding hydrogens is 288 g/mol. The van der Waals surface area contributed by atoms with Gasteiger partial charge in [0.25, 0.3) is 5.91 Å². The molecule has 2 N–H and O–H groups in total. The van der Waals surface area contributed by atoms with E-state index in [0.29, 0.717) is 18.5 Å². The summed E-state index contributed by atoms with van der Waals surface area (Å²) < 4.78 is 0. The van der Waals surface area contributed by atoms with Crippen molar-refractivity contribution in [3.05, 3.63) is 16.1 Å². The zero-order chi connectivity index (χ0) is 15.7. The van der Waals surface area contributed by atoms with E-state index in [2.05, 4.69) is 10.3 Å². The van der Waals surface area contributed by atoms with E-state index in [1.54, 1.807) is 5.38 Å². The Morgan fingerprint density at radius 2 is 1.90 bits per heavy atom. The first kappa shape index (κ1) is 15.9. The Labute approximate surface area is 128 Å². The van der Waals surface area contributed by atoms with Gasteiger partial charge < -0.3 is 10.4 Å². The number of aliphatic carboxylic acids is 1. The molecule has 0 bridgehead atoms. The predicted molar refractivity (Wildman–Crippen MR) is 81.7 cm³/mol. The van der Waals surface area contributed by atoms with E-state index in [1.807, 2.05) is 20.8 Å². The van der Waals surface area contributed by atoms with Crippen molar-refractivity contribution in [1.29, 1.82) is 0 Å². The Balaban J connectivity index is 2.16. The topological polar surface area (TPSA) is 79.3 Å². The number of hydrogen-bond donors (Lipinski definition) is 2. The molecule has 1 amide bonds. The van der Waals surface area contributed by atoms with Crippen LogP contribution in [0.1, 0.15) is 68.4 Å². The number of hydrogen-bond acceptors (Lipinski definition) is 4. The van der Waals surface area contributed by atoms with Gasteiger partial charge >= 0.3 is 5.97 Å². The Bertz CT molecular complexity index is 539. The molecule has 0 unspecified atom stereocenters. The van der Waals surface area contributed by atoms with Crippen LogP contribution in [0.3, 0.4) is 0 Å². The lowest BCUT2D eigenvalue weighted by Crippen LogP contribution is -2.55. The maximum absolute atomic E-state index is 12.3. The first-order valence-corrected chi connectivity index (χ1v) is 8.14. The fraction of sp³-hybridized carbons (Fsp3) is 0.667. The smallest absolute Gasteiger partial charge is 0.329 e. The number of nitrogens with zero attached hydrogens (tertiary/aromatic N) is 1. The minimum Gasteiger partial charge on any atom is -0.480 e. The lowest BCUT2D eigenvalue weighted by atomic mass is 9.81. The van der Waals surface area contributed by atoms with Crippen molar-refractivity contribution in [1.82, 2.24) is 10.3 Å². The first-order valence-electron chi connectivity index (χ1n) is 7.26. The summed E-state index contributed by atoms with van der Waals surface area (Å²) in [5, 5.41) is 14.8. The van der Waals surface area contributed by atoms with Crippen molar-refractivity contribution in [3.8, 4) is 0 Å². The van der Waals surface area contributed by atoms with Crippen molar-refractivity contribution >= 4 is 23.2 Å². The predicted octanol–water partition coefficient (Wildman–Crippen LogP) is 2.96. The summed E-state index contributed by atoms with van der Waals surface area (Å²) in [5.41, 5.74) is -0.921. The molecule has 0 saturated heterocycles. The second kappa shape index (κ2) is 5.75. The molecule has 1 aromatic rings. The van der Waals surface area contributed by atoms with E-state index < -0.39 is 11.5 Å². The van der Waals surface area contributed by atoms with Crippen LogP contribution in [0.5, 0.6) is 0 Å².